The molecular weight excluding hydrogens is 516 g/mol. The van der Waals surface area contributed by atoms with Crippen LogP contribution in [0.5, 0.6) is 0 Å². The highest BCUT2D eigenvalue weighted by Crippen LogP contribution is 2.44. The third kappa shape index (κ3) is 5.82. The van der Waals surface area contributed by atoms with Crippen molar-refractivity contribution in [3.05, 3.63) is 15.5 Å². The minimum absolute atomic E-state index is 0.100. The summed E-state index contributed by atoms with van der Waals surface area (Å²) in [5.74, 6) is -2.56. The second-order valence-corrected chi connectivity index (χ2v) is 15.3. The fourth-order valence-electron chi connectivity index (χ4n) is 3.40. The van der Waals surface area contributed by atoms with Crippen molar-refractivity contribution in [2.24, 2.45) is 5.92 Å². The Balaban J connectivity index is 2.35. The maximum absolute atomic E-state index is 12.9. The number of nitrogens with zero attached hydrogens (tertiary/aromatic N) is 2. The van der Waals surface area contributed by atoms with Crippen molar-refractivity contribution in [3.8, 4) is 0 Å². The molecule has 0 saturated heterocycles. The molecule has 0 aliphatic heterocycles. The Kier molecular flexibility index (Phi) is 7.34. The average Bonchev–Trinajstić information content (AvgIpc) is 2.96. The molecule has 1 heterocycles. The van der Waals surface area contributed by atoms with Gasteiger partial charge in [0.2, 0.25) is 0 Å². The van der Waals surface area contributed by atoms with Gasteiger partial charge in [-0.15, -0.1) is 13.2 Å². The minimum Gasteiger partial charge on any atom is -0.390 e. The van der Waals surface area contributed by atoms with E-state index in [0.717, 1.165) is 38.3 Å². The topological polar surface area (TPSA) is 64.3 Å². The number of carbonyl (C=O) groups is 1. The van der Waals surface area contributed by atoms with Crippen molar-refractivity contribution < 1.29 is 27.5 Å². The van der Waals surface area contributed by atoms with E-state index in [-0.39, 0.29) is 24.9 Å². The third-order valence-electron chi connectivity index (χ3n) is 6.09. The van der Waals surface area contributed by atoms with E-state index in [1.54, 1.807) is 22.6 Å². The van der Waals surface area contributed by atoms with Crippen molar-refractivity contribution in [2.75, 3.05) is 0 Å². The molecule has 0 bridgehead atoms. The molecule has 166 valence electrons. The van der Waals surface area contributed by atoms with Crippen LogP contribution >= 0.6 is 22.6 Å². The van der Waals surface area contributed by atoms with E-state index < -0.39 is 32.6 Å². The number of alkyl halides is 3. The zero-order valence-corrected chi connectivity index (χ0v) is 20.7. The van der Waals surface area contributed by atoms with Gasteiger partial charge in [0, 0.05) is 12.1 Å². The lowest BCUT2D eigenvalue weighted by Gasteiger charge is -2.47. The summed E-state index contributed by atoms with van der Waals surface area (Å²) >= 11 is 1.67. The number of rotatable bonds is 6. The first kappa shape index (κ1) is 24.8. The van der Waals surface area contributed by atoms with Gasteiger partial charge >= 0.3 is 6.30 Å². The maximum atomic E-state index is 12.9. The van der Waals surface area contributed by atoms with Crippen LogP contribution in [0.2, 0.25) is 18.1 Å². The fraction of sp³-hybridized carbons (Fsp3) is 0.789. The molecule has 0 amide bonds. The van der Waals surface area contributed by atoms with E-state index >= 15 is 0 Å². The molecule has 1 atom stereocenters. The summed E-state index contributed by atoms with van der Waals surface area (Å²) in [4.78, 5) is 12.9. The minimum atomic E-state index is -4.70. The van der Waals surface area contributed by atoms with Crippen LogP contribution in [-0.2, 0) is 10.7 Å². The number of aliphatic hydroxyl groups is 1. The van der Waals surface area contributed by atoms with E-state index in [4.69, 9.17) is 4.43 Å². The molecule has 10 heteroatoms. The van der Waals surface area contributed by atoms with Crippen LogP contribution in [0.3, 0.4) is 0 Å². The van der Waals surface area contributed by atoms with Crippen LogP contribution in [0.4, 0.5) is 13.2 Å². The number of halogens is 4. The summed E-state index contributed by atoms with van der Waals surface area (Å²) < 4.78 is 45.1. The molecule has 1 aliphatic carbocycles. The maximum Gasteiger partial charge on any atom is 0.504 e. The smallest absolute Gasteiger partial charge is 0.390 e. The quantitative estimate of drug-likeness (QED) is 0.211. The van der Waals surface area contributed by atoms with Crippen LogP contribution in [-0.4, -0.2) is 34.8 Å². The average molecular weight is 546 g/mol. The second-order valence-electron chi connectivity index (χ2n) is 9.38. The fourth-order valence-corrected chi connectivity index (χ4v) is 5.50. The number of ketones is 1. The van der Waals surface area contributed by atoms with Gasteiger partial charge in [-0.05, 0) is 53.6 Å². The molecule has 0 aromatic carbocycles. The molecule has 29 heavy (non-hydrogen) atoms. The largest absolute Gasteiger partial charge is 0.504 e. The molecule has 2 rings (SSSR count). The Bertz CT molecular complexity index is 740. The second kappa shape index (κ2) is 8.58. The molecule has 1 aromatic heterocycles. The molecule has 1 saturated carbocycles. The van der Waals surface area contributed by atoms with Crippen LogP contribution in [0, 0.1) is 9.49 Å². The third-order valence-corrected chi connectivity index (χ3v) is 11.4. The number of carbonyl (C=O) groups excluding carboxylic acids is 1. The zero-order valence-electron chi connectivity index (χ0n) is 17.6. The molecule has 5 nitrogen and oxygen atoms in total. The molecular formula is C19H30F3IN2O3Si. The van der Waals surface area contributed by atoms with E-state index in [9.17, 15) is 23.1 Å². The first-order valence-corrected chi connectivity index (χ1v) is 13.8. The highest BCUT2D eigenvalue weighted by atomic mass is 127. The molecule has 0 radical (unpaired) electrons. The first-order chi connectivity index (χ1) is 13.1. The Hall–Kier alpha value is -0.463. The Morgan fingerprint density at radius 1 is 1.28 bits per heavy atom. The van der Waals surface area contributed by atoms with E-state index in [1.165, 1.54) is 0 Å². The van der Waals surface area contributed by atoms with Crippen molar-refractivity contribution >= 4 is 36.7 Å². The lowest BCUT2D eigenvalue weighted by molar-refractivity contribution is -0.212. The van der Waals surface area contributed by atoms with Gasteiger partial charge in [0.15, 0.2) is 19.9 Å². The molecule has 1 fully saturated rings. The summed E-state index contributed by atoms with van der Waals surface area (Å²) in [6.07, 6.45) is 0.0744. The van der Waals surface area contributed by atoms with Gasteiger partial charge in [0.1, 0.15) is 5.69 Å². The predicted molar refractivity (Wildman–Crippen MR) is 115 cm³/mol. The van der Waals surface area contributed by atoms with Crippen molar-refractivity contribution in [3.63, 3.8) is 0 Å². The van der Waals surface area contributed by atoms with Gasteiger partial charge in [-0.1, -0.05) is 40.0 Å². The lowest BCUT2D eigenvalue weighted by Crippen LogP contribution is -2.54. The van der Waals surface area contributed by atoms with E-state index in [1.807, 2.05) is 33.9 Å². The lowest BCUT2D eigenvalue weighted by atomic mass is 9.81. The number of hydrogen-bond donors (Lipinski definition) is 1. The Morgan fingerprint density at radius 2 is 1.83 bits per heavy atom. The van der Waals surface area contributed by atoms with Gasteiger partial charge in [-0.2, -0.15) is 9.78 Å². The van der Waals surface area contributed by atoms with Gasteiger partial charge in [-0.25, -0.2) is 0 Å². The molecule has 1 aliphatic rings. The SMILES string of the molecule is CC(C)(C)[Si](C)(C)OC(O)(CC(=O)c1nn(C(F)(F)F)cc1I)C1CCCCC1. The number of aromatic nitrogens is 2. The summed E-state index contributed by atoms with van der Waals surface area (Å²) in [5, 5.41) is 14.8. The highest BCUT2D eigenvalue weighted by molar-refractivity contribution is 14.1. The van der Waals surface area contributed by atoms with Gasteiger partial charge in [0.05, 0.1) is 9.99 Å². The van der Waals surface area contributed by atoms with Gasteiger partial charge in [-0.3, -0.25) is 4.79 Å². The molecule has 1 unspecified atom stereocenters. The number of Topliss-reactive ketones (excluding diaryl/α,β-unsaturated/α-hetero) is 1. The van der Waals surface area contributed by atoms with Gasteiger partial charge in [0.25, 0.3) is 0 Å². The summed E-state index contributed by atoms with van der Waals surface area (Å²) in [6, 6.07) is 0. The summed E-state index contributed by atoms with van der Waals surface area (Å²) in [7, 11) is -2.44. The normalized spacial score (nSPS) is 19.2. The summed E-state index contributed by atoms with van der Waals surface area (Å²) in [5.41, 5.74) is -0.281. The molecule has 0 spiro atoms. The number of hydrogen-bond acceptors (Lipinski definition) is 4. The van der Waals surface area contributed by atoms with E-state index in [2.05, 4.69) is 5.10 Å². The van der Waals surface area contributed by atoms with Crippen LogP contribution < -0.4 is 0 Å². The van der Waals surface area contributed by atoms with Crippen molar-refractivity contribution in [2.45, 2.75) is 89.5 Å². The highest BCUT2D eigenvalue weighted by Gasteiger charge is 2.49. The summed E-state index contributed by atoms with van der Waals surface area (Å²) in [6.45, 7) is 10.1. The monoisotopic (exact) mass is 546 g/mol. The van der Waals surface area contributed by atoms with Crippen molar-refractivity contribution in [1.29, 1.82) is 0 Å². The Morgan fingerprint density at radius 3 is 2.28 bits per heavy atom. The van der Waals surface area contributed by atoms with Crippen molar-refractivity contribution in [1.82, 2.24) is 9.78 Å². The van der Waals surface area contributed by atoms with E-state index in [0.29, 0.717) is 0 Å². The first-order valence-electron chi connectivity index (χ1n) is 9.85. The standard InChI is InChI=1S/C19H30F3IN2O3Si/c1-17(2,3)29(4,5)28-18(27,13-9-7-6-8-10-13)11-15(26)16-14(23)12-25(24-16)19(20,21)22/h12-13,27H,6-11H2,1-5H3. The van der Waals surface area contributed by atoms with Crippen LogP contribution in [0.15, 0.2) is 6.20 Å². The van der Waals surface area contributed by atoms with Gasteiger partial charge < -0.3 is 9.53 Å². The predicted octanol–water partition coefficient (Wildman–Crippen LogP) is 5.83. The molecule has 1 N–H and O–H groups in total. The zero-order chi connectivity index (χ0) is 22.3. The van der Waals surface area contributed by atoms with Crippen LogP contribution in [0.25, 0.3) is 0 Å². The molecule has 1 aromatic rings. The Labute approximate surface area is 184 Å². The van der Waals surface area contributed by atoms with Crippen LogP contribution in [0.1, 0.15) is 69.8 Å².